The van der Waals surface area contributed by atoms with Gasteiger partial charge in [0.05, 0.1) is 5.92 Å². The van der Waals surface area contributed by atoms with E-state index in [2.05, 4.69) is 42.3 Å². The van der Waals surface area contributed by atoms with Crippen LogP contribution in [0.1, 0.15) is 17.0 Å². The maximum Gasteiger partial charge on any atom is 0.0509 e. The lowest BCUT2D eigenvalue weighted by atomic mass is 9.81. The smallest absolute Gasteiger partial charge is 0.0509 e. The number of rotatable bonds is 5. The Kier molecular flexibility index (Phi) is 4.76. The van der Waals surface area contributed by atoms with Crippen molar-refractivity contribution < 1.29 is 5.11 Å². The van der Waals surface area contributed by atoms with Crippen LogP contribution in [0.2, 0.25) is 0 Å². The van der Waals surface area contributed by atoms with Crippen molar-refractivity contribution in [3.05, 3.63) is 83.9 Å². The van der Waals surface area contributed by atoms with Crippen molar-refractivity contribution in [2.45, 2.75) is 12.3 Å². The average molecular weight is 300 g/mol. The normalized spacial score (nSPS) is 13.4. The number of aliphatic hydroxyl groups is 1. The molecule has 0 amide bonds. The van der Waals surface area contributed by atoms with E-state index in [9.17, 15) is 5.11 Å². The largest absolute Gasteiger partial charge is 0.396 e. The predicted octanol–water partition coefficient (Wildman–Crippen LogP) is 4.41. The summed E-state index contributed by atoms with van der Waals surface area (Å²) in [6.45, 7) is 0.0764. The van der Waals surface area contributed by atoms with Gasteiger partial charge in [0.25, 0.3) is 0 Å². The fraction of sp³-hybridized carbons (Fsp3) is 0.182. The summed E-state index contributed by atoms with van der Waals surface area (Å²) in [5.41, 5.74) is 2.33. The maximum atomic E-state index is 9.93. The molecule has 3 rings (SSSR count). The van der Waals surface area contributed by atoms with Crippen molar-refractivity contribution >= 4 is 10.8 Å². The Bertz CT molecular complexity index is 809. The van der Waals surface area contributed by atoms with Crippen LogP contribution >= 0.6 is 0 Å². The second-order valence-corrected chi connectivity index (χ2v) is 5.85. The van der Waals surface area contributed by atoms with E-state index in [-0.39, 0.29) is 18.4 Å². The van der Waals surface area contributed by atoms with Gasteiger partial charge >= 0.3 is 0 Å². The maximum absolute atomic E-state index is 9.93. The van der Waals surface area contributed by atoms with Crippen molar-refractivity contribution in [3.8, 4) is 12.3 Å². The predicted molar refractivity (Wildman–Crippen MR) is 96.2 cm³/mol. The third kappa shape index (κ3) is 3.28. The molecule has 0 aliphatic heterocycles. The fourth-order valence-corrected chi connectivity index (χ4v) is 3.21. The van der Waals surface area contributed by atoms with E-state index in [1.54, 1.807) is 0 Å². The Morgan fingerprint density at radius 1 is 0.870 bits per heavy atom. The van der Waals surface area contributed by atoms with E-state index in [4.69, 9.17) is 6.42 Å². The lowest BCUT2D eigenvalue weighted by Gasteiger charge is -2.23. The molecule has 114 valence electrons. The fourth-order valence-electron chi connectivity index (χ4n) is 3.21. The molecule has 0 radical (unpaired) electrons. The quantitative estimate of drug-likeness (QED) is 0.692. The van der Waals surface area contributed by atoms with Crippen molar-refractivity contribution in [1.29, 1.82) is 0 Å². The number of hydrogen-bond donors (Lipinski definition) is 1. The van der Waals surface area contributed by atoms with Crippen molar-refractivity contribution in [1.82, 2.24) is 0 Å². The number of fused-ring (bicyclic) bond motifs is 1. The van der Waals surface area contributed by atoms with Gasteiger partial charge in [0.15, 0.2) is 0 Å². The van der Waals surface area contributed by atoms with Gasteiger partial charge in [-0.1, -0.05) is 78.7 Å². The lowest BCUT2D eigenvalue weighted by Crippen LogP contribution is -2.18. The average Bonchev–Trinajstić information content (AvgIpc) is 2.62. The lowest BCUT2D eigenvalue weighted by molar-refractivity contribution is 0.217. The van der Waals surface area contributed by atoms with Gasteiger partial charge < -0.3 is 5.11 Å². The van der Waals surface area contributed by atoms with Crippen LogP contribution in [0.25, 0.3) is 10.8 Å². The SMILES string of the molecule is C#C[C@@H](c1cccc2ccccc12)[C@H](CO)Cc1ccccc1. The first kappa shape index (κ1) is 15.3. The molecular weight excluding hydrogens is 280 g/mol. The van der Waals surface area contributed by atoms with Crippen LogP contribution in [0.3, 0.4) is 0 Å². The first-order valence-corrected chi connectivity index (χ1v) is 7.92. The molecule has 0 aromatic heterocycles. The van der Waals surface area contributed by atoms with Crippen LogP contribution < -0.4 is 0 Å². The molecular formula is C22H20O. The Morgan fingerprint density at radius 2 is 1.57 bits per heavy atom. The topological polar surface area (TPSA) is 20.2 Å². The highest BCUT2D eigenvalue weighted by Gasteiger charge is 2.22. The minimum atomic E-state index is -0.105. The highest BCUT2D eigenvalue weighted by atomic mass is 16.3. The van der Waals surface area contributed by atoms with Gasteiger partial charge in [0, 0.05) is 12.5 Å². The summed E-state index contributed by atoms with van der Waals surface area (Å²) in [6.07, 6.45) is 6.64. The monoisotopic (exact) mass is 300 g/mol. The molecule has 1 N–H and O–H groups in total. The van der Waals surface area contributed by atoms with Crippen LogP contribution in [-0.2, 0) is 6.42 Å². The molecule has 0 bridgehead atoms. The van der Waals surface area contributed by atoms with Crippen LogP contribution in [0.5, 0.6) is 0 Å². The molecule has 1 heteroatoms. The van der Waals surface area contributed by atoms with E-state index < -0.39 is 0 Å². The van der Waals surface area contributed by atoms with Gasteiger partial charge in [0.2, 0.25) is 0 Å². The molecule has 0 unspecified atom stereocenters. The Morgan fingerprint density at radius 3 is 2.30 bits per heavy atom. The number of hydrogen-bond acceptors (Lipinski definition) is 1. The molecule has 1 nitrogen and oxygen atoms in total. The zero-order valence-electron chi connectivity index (χ0n) is 13.0. The van der Waals surface area contributed by atoms with Gasteiger partial charge in [0.1, 0.15) is 0 Å². The number of aliphatic hydroxyl groups excluding tert-OH is 1. The van der Waals surface area contributed by atoms with Gasteiger partial charge in [-0.15, -0.1) is 6.42 Å². The van der Waals surface area contributed by atoms with Crippen LogP contribution in [0.15, 0.2) is 72.8 Å². The van der Waals surface area contributed by atoms with Gasteiger partial charge in [-0.05, 0) is 28.3 Å². The van der Waals surface area contributed by atoms with Crippen molar-refractivity contribution in [3.63, 3.8) is 0 Å². The first-order chi connectivity index (χ1) is 11.3. The molecule has 0 aliphatic carbocycles. The Labute approximate surface area is 137 Å². The van der Waals surface area contributed by atoms with Gasteiger partial charge in [-0.3, -0.25) is 0 Å². The molecule has 0 fully saturated rings. The van der Waals surface area contributed by atoms with Crippen LogP contribution in [-0.4, -0.2) is 11.7 Å². The third-order valence-corrected chi connectivity index (χ3v) is 4.38. The Balaban J connectivity index is 1.98. The van der Waals surface area contributed by atoms with Crippen molar-refractivity contribution in [2.24, 2.45) is 5.92 Å². The zero-order chi connectivity index (χ0) is 16.1. The van der Waals surface area contributed by atoms with Gasteiger partial charge in [-0.25, -0.2) is 0 Å². The highest BCUT2D eigenvalue weighted by Crippen LogP contribution is 2.32. The van der Waals surface area contributed by atoms with Crippen molar-refractivity contribution in [2.75, 3.05) is 6.61 Å². The minimum Gasteiger partial charge on any atom is -0.396 e. The summed E-state index contributed by atoms with van der Waals surface area (Å²) in [5.74, 6) is 2.82. The second kappa shape index (κ2) is 7.13. The molecule has 0 spiro atoms. The molecule has 3 aromatic carbocycles. The highest BCUT2D eigenvalue weighted by molar-refractivity contribution is 5.86. The van der Waals surface area contributed by atoms with E-state index in [1.807, 2.05) is 36.4 Å². The summed E-state index contributed by atoms with van der Waals surface area (Å²) in [7, 11) is 0. The Hall–Kier alpha value is -2.56. The first-order valence-electron chi connectivity index (χ1n) is 7.92. The molecule has 2 atom stereocenters. The number of terminal acetylenes is 1. The standard InChI is InChI=1S/C22H20O/c1-2-20(19(16-23)15-17-9-4-3-5-10-17)22-14-8-12-18-11-6-7-13-21(18)22/h1,3-14,19-20,23H,15-16H2/t19-,20+/m0/s1. The minimum absolute atomic E-state index is 0.00760. The van der Waals surface area contributed by atoms with E-state index >= 15 is 0 Å². The molecule has 0 heterocycles. The van der Waals surface area contributed by atoms with E-state index in [1.165, 1.54) is 16.3 Å². The summed E-state index contributed by atoms with van der Waals surface area (Å²) in [4.78, 5) is 0. The van der Waals surface area contributed by atoms with Gasteiger partial charge in [-0.2, -0.15) is 0 Å². The van der Waals surface area contributed by atoms with E-state index in [0.29, 0.717) is 0 Å². The number of benzene rings is 3. The van der Waals surface area contributed by atoms with E-state index in [0.717, 1.165) is 12.0 Å². The molecule has 0 aliphatic rings. The molecule has 0 saturated carbocycles. The summed E-state index contributed by atoms with van der Waals surface area (Å²) < 4.78 is 0. The summed E-state index contributed by atoms with van der Waals surface area (Å²) in [5, 5.41) is 12.3. The summed E-state index contributed by atoms with van der Waals surface area (Å²) >= 11 is 0. The molecule has 3 aromatic rings. The summed E-state index contributed by atoms with van der Waals surface area (Å²) in [6, 6.07) is 24.7. The second-order valence-electron chi connectivity index (χ2n) is 5.85. The molecule has 0 saturated heterocycles. The van der Waals surface area contributed by atoms with Crippen LogP contribution in [0.4, 0.5) is 0 Å². The third-order valence-electron chi connectivity index (χ3n) is 4.38. The molecule has 23 heavy (non-hydrogen) atoms. The van der Waals surface area contributed by atoms with Crippen LogP contribution in [0, 0.1) is 18.3 Å². The zero-order valence-corrected chi connectivity index (χ0v) is 13.0.